The molecular weight excluding hydrogens is 390 g/mol. The molecule has 2 N–H and O–H groups in total. The van der Waals surface area contributed by atoms with E-state index in [1.807, 2.05) is 0 Å². The maximum absolute atomic E-state index is 13.1. The molecule has 29 heavy (non-hydrogen) atoms. The van der Waals surface area contributed by atoms with Crippen LogP contribution in [-0.2, 0) is 14.8 Å². The monoisotopic (exact) mass is 422 g/mol. The van der Waals surface area contributed by atoms with Crippen LogP contribution in [-0.4, -0.2) is 59.0 Å². The molecule has 3 atom stereocenters. The van der Waals surface area contributed by atoms with Crippen molar-refractivity contribution in [2.45, 2.75) is 37.0 Å². The minimum absolute atomic E-state index is 0.0569. The molecule has 1 saturated heterocycles. The number of nitrogens with zero attached hydrogens (tertiary/aromatic N) is 1. The van der Waals surface area contributed by atoms with Crippen LogP contribution in [0.1, 0.15) is 32.1 Å². The molecule has 1 aliphatic heterocycles. The SMILES string of the molecule is COc1ccc(S(=O)(=O)N2CC[NH+](C)CC2)cc1NC(=O)C[C@H]1C[C@@H]2CC[C@@H]1C2. The maximum atomic E-state index is 13.1. The second kappa shape index (κ2) is 8.24. The Labute approximate surface area is 173 Å². The van der Waals surface area contributed by atoms with Crippen molar-refractivity contribution in [1.29, 1.82) is 0 Å². The molecule has 0 aromatic heterocycles. The first-order valence-corrected chi connectivity index (χ1v) is 12.1. The van der Waals surface area contributed by atoms with Crippen LogP contribution in [0.2, 0.25) is 0 Å². The van der Waals surface area contributed by atoms with Gasteiger partial charge in [-0.2, -0.15) is 4.31 Å². The Balaban J connectivity index is 1.48. The average Bonchev–Trinajstić information content (AvgIpc) is 3.31. The average molecular weight is 423 g/mol. The number of anilines is 1. The van der Waals surface area contributed by atoms with E-state index in [0.717, 1.165) is 25.4 Å². The second-order valence-corrected chi connectivity index (χ2v) is 10.8. The number of rotatable bonds is 6. The van der Waals surface area contributed by atoms with Crippen molar-refractivity contribution >= 4 is 21.6 Å². The highest BCUT2D eigenvalue weighted by molar-refractivity contribution is 7.89. The smallest absolute Gasteiger partial charge is 0.243 e. The lowest BCUT2D eigenvalue weighted by atomic mass is 9.86. The number of fused-ring (bicyclic) bond motifs is 2. The molecule has 7 nitrogen and oxygen atoms in total. The van der Waals surface area contributed by atoms with Gasteiger partial charge in [0.2, 0.25) is 15.9 Å². The normalized spacial score (nSPS) is 27.9. The molecule has 2 bridgehead atoms. The van der Waals surface area contributed by atoms with Crippen molar-refractivity contribution in [3.8, 4) is 5.75 Å². The predicted molar refractivity (Wildman–Crippen MR) is 111 cm³/mol. The third kappa shape index (κ3) is 4.29. The van der Waals surface area contributed by atoms with Crippen LogP contribution in [0.3, 0.4) is 0 Å². The first kappa shape index (κ1) is 20.6. The number of likely N-dealkylation sites (N-methyl/N-ethyl adjacent to an activating group) is 1. The molecule has 160 valence electrons. The third-order valence-corrected chi connectivity index (χ3v) is 8.89. The Morgan fingerprint density at radius 1 is 1.24 bits per heavy atom. The van der Waals surface area contributed by atoms with Gasteiger partial charge in [-0.05, 0) is 55.2 Å². The summed E-state index contributed by atoms with van der Waals surface area (Å²) >= 11 is 0. The minimum Gasteiger partial charge on any atom is -0.495 e. The van der Waals surface area contributed by atoms with Crippen molar-refractivity contribution < 1.29 is 22.8 Å². The van der Waals surface area contributed by atoms with Crippen LogP contribution >= 0.6 is 0 Å². The summed E-state index contributed by atoms with van der Waals surface area (Å²) in [6.45, 7) is 2.60. The van der Waals surface area contributed by atoms with Gasteiger partial charge in [0.1, 0.15) is 5.75 Å². The number of methoxy groups -OCH3 is 1. The lowest BCUT2D eigenvalue weighted by molar-refractivity contribution is -0.883. The summed E-state index contributed by atoms with van der Waals surface area (Å²) in [5, 5.41) is 2.92. The number of ether oxygens (including phenoxy) is 1. The predicted octanol–water partition coefficient (Wildman–Crippen LogP) is 0.979. The van der Waals surface area contributed by atoms with Crippen LogP contribution in [0.4, 0.5) is 5.69 Å². The van der Waals surface area contributed by atoms with Crippen molar-refractivity contribution in [1.82, 2.24) is 4.31 Å². The van der Waals surface area contributed by atoms with Crippen molar-refractivity contribution in [2.75, 3.05) is 45.7 Å². The van der Waals surface area contributed by atoms with Gasteiger partial charge in [0.05, 0.1) is 50.9 Å². The fourth-order valence-electron chi connectivity index (χ4n) is 5.27. The van der Waals surface area contributed by atoms with E-state index in [4.69, 9.17) is 4.74 Å². The lowest BCUT2D eigenvalue weighted by Gasteiger charge is -2.29. The number of benzene rings is 1. The Kier molecular flexibility index (Phi) is 5.86. The molecule has 0 unspecified atom stereocenters. The molecule has 0 radical (unpaired) electrons. The van der Waals surface area contributed by atoms with Gasteiger partial charge in [-0.15, -0.1) is 0 Å². The summed E-state index contributed by atoms with van der Waals surface area (Å²) in [7, 11) is 0.0118. The van der Waals surface area contributed by atoms with E-state index in [0.29, 0.717) is 42.8 Å². The second-order valence-electron chi connectivity index (χ2n) is 8.91. The van der Waals surface area contributed by atoms with E-state index in [1.54, 1.807) is 12.1 Å². The number of piperazine rings is 1. The van der Waals surface area contributed by atoms with Crippen LogP contribution in [0, 0.1) is 17.8 Å². The number of carbonyl (C=O) groups is 1. The first-order chi connectivity index (χ1) is 13.9. The summed E-state index contributed by atoms with van der Waals surface area (Å²) in [6, 6.07) is 4.73. The van der Waals surface area contributed by atoms with Crippen molar-refractivity contribution in [3.63, 3.8) is 0 Å². The van der Waals surface area contributed by atoms with Gasteiger partial charge >= 0.3 is 0 Å². The molecule has 3 fully saturated rings. The summed E-state index contributed by atoms with van der Waals surface area (Å²) in [4.78, 5) is 14.2. The van der Waals surface area contributed by atoms with E-state index >= 15 is 0 Å². The van der Waals surface area contributed by atoms with Gasteiger partial charge in [-0.3, -0.25) is 4.79 Å². The minimum atomic E-state index is -3.58. The molecule has 1 aromatic carbocycles. The summed E-state index contributed by atoms with van der Waals surface area (Å²) in [6.07, 6.45) is 5.47. The number of hydrogen-bond acceptors (Lipinski definition) is 4. The number of nitrogens with one attached hydrogen (secondary N) is 2. The van der Waals surface area contributed by atoms with Crippen LogP contribution in [0.15, 0.2) is 23.1 Å². The zero-order chi connectivity index (χ0) is 20.6. The molecule has 0 spiro atoms. The van der Waals surface area contributed by atoms with Gasteiger partial charge in [0, 0.05) is 6.42 Å². The standard InChI is InChI=1S/C21H31N3O4S/c1-23-7-9-24(10-8-23)29(26,27)18-5-6-20(28-2)19(14-18)22-21(25)13-17-12-15-3-4-16(17)11-15/h5-6,14-17H,3-4,7-13H2,1-2H3,(H,22,25)/p+1/t15-,16-,17-/m1/s1. The Morgan fingerprint density at radius 3 is 2.62 bits per heavy atom. The lowest BCUT2D eigenvalue weighted by Crippen LogP contribution is -3.12. The topological polar surface area (TPSA) is 80.2 Å². The molecular formula is C21H32N3O4S+. The first-order valence-electron chi connectivity index (χ1n) is 10.7. The number of sulfonamides is 1. The van der Waals surface area contributed by atoms with E-state index in [-0.39, 0.29) is 10.8 Å². The molecule has 4 rings (SSSR count). The van der Waals surface area contributed by atoms with Gasteiger partial charge in [0.15, 0.2) is 0 Å². The third-order valence-electron chi connectivity index (χ3n) is 6.99. The van der Waals surface area contributed by atoms with Gasteiger partial charge in [0.25, 0.3) is 0 Å². The molecule has 1 aromatic rings. The Morgan fingerprint density at radius 2 is 2.00 bits per heavy atom. The highest BCUT2D eigenvalue weighted by Gasteiger charge is 2.40. The number of quaternary nitrogens is 1. The molecule has 8 heteroatoms. The molecule has 1 amide bonds. The van der Waals surface area contributed by atoms with Gasteiger partial charge in [-0.25, -0.2) is 8.42 Å². The highest BCUT2D eigenvalue weighted by atomic mass is 32.2. The molecule has 1 heterocycles. The van der Waals surface area contributed by atoms with E-state index in [9.17, 15) is 13.2 Å². The largest absolute Gasteiger partial charge is 0.495 e. The fourth-order valence-corrected chi connectivity index (χ4v) is 6.74. The van der Waals surface area contributed by atoms with Gasteiger partial charge in [-0.1, -0.05) is 6.42 Å². The van der Waals surface area contributed by atoms with Crippen LogP contribution in [0.25, 0.3) is 0 Å². The van der Waals surface area contributed by atoms with E-state index in [2.05, 4.69) is 12.4 Å². The Hall–Kier alpha value is -1.64. The molecule has 3 aliphatic rings. The zero-order valence-corrected chi connectivity index (χ0v) is 18.1. The summed E-state index contributed by atoms with van der Waals surface area (Å²) in [5.74, 6) is 2.36. The van der Waals surface area contributed by atoms with Crippen LogP contribution < -0.4 is 15.0 Å². The fraction of sp³-hybridized carbons (Fsp3) is 0.667. The molecule has 2 aliphatic carbocycles. The van der Waals surface area contributed by atoms with Crippen molar-refractivity contribution in [3.05, 3.63) is 18.2 Å². The summed E-state index contributed by atoms with van der Waals surface area (Å²) < 4.78 is 33.0. The highest BCUT2D eigenvalue weighted by Crippen LogP contribution is 2.49. The van der Waals surface area contributed by atoms with Gasteiger partial charge < -0.3 is 15.0 Å². The summed E-state index contributed by atoms with van der Waals surface area (Å²) in [5.41, 5.74) is 0.432. The Bertz CT molecular complexity index is 865. The van der Waals surface area contributed by atoms with E-state index in [1.165, 1.54) is 41.6 Å². The number of hydrogen-bond donors (Lipinski definition) is 2. The maximum Gasteiger partial charge on any atom is 0.243 e. The van der Waals surface area contributed by atoms with E-state index < -0.39 is 10.0 Å². The van der Waals surface area contributed by atoms with Crippen LogP contribution in [0.5, 0.6) is 5.75 Å². The molecule has 2 saturated carbocycles. The van der Waals surface area contributed by atoms with Crippen molar-refractivity contribution in [2.24, 2.45) is 17.8 Å². The quantitative estimate of drug-likeness (QED) is 0.716. The zero-order valence-electron chi connectivity index (χ0n) is 17.3. The number of carbonyl (C=O) groups excluding carboxylic acids is 1. The number of amides is 1.